The highest BCUT2D eigenvalue weighted by Gasteiger charge is 2.60. The summed E-state index contributed by atoms with van der Waals surface area (Å²) in [6, 6.07) is 0. The van der Waals surface area contributed by atoms with Crippen molar-refractivity contribution in [3.63, 3.8) is 0 Å². The van der Waals surface area contributed by atoms with Gasteiger partial charge in [0.05, 0.1) is 0 Å². The van der Waals surface area contributed by atoms with E-state index in [0.717, 1.165) is 12.8 Å². The average Bonchev–Trinajstić information content (AvgIpc) is 2.80. The van der Waals surface area contributed by atoms with Crippen LogP contribution in [0.2, 0.25) is 0 Å². The highest BCUT2D eigenvalue weighted by molar-refractivity contribution is 7.73. The molecular formula is C13H28O12P4. The first-order valence-electron chi connectivity index (χ1n) is 8.79. The maximum Gasteiger partial charge on any atom is 0.344 e. The molecular weight excluding hydrogens is 472 g/mol. The first-order chi connectivity index (χ1) is 12.9. The molecule has 0 saturated heterocycles. The Morgan fingerprint density at radius 1 is 0.517 bits per heavy atom. The third-order valence-electron chi connectivity index (χ3n) is 5.40. The van der Waals surface area contributed by atoms with Crippen LogP contribution in [-0.2, 0) is 18.3 Å². The fourth-order valence-corrected chi connectivity index (χ4v) is 9.59. The summed E-state index contributed by atoms with van der Waals surface area (Å²) < 4.78 is 44.9. The molecule has 2 aliphatic carbocycles. The smallest absolute Gasteiger partial charge is 0.324 e. The second-order valence-corrected chi connectivity index (χ2v) is 15.8. The van der Waals surface area contributed by atoms with Crippen LogP contribution in [0, 0.1) is 0 Å². The Morgan fingerprint density at radius 3 is 1.14 bits per heavy atom. The van der Waals surface area contributed by atoms with Crippen molar-refractivity contribution < 1.29 is 57.4 Å². The Balaban J connectivity index is 0.000000291. The molecule has 0 bridgehead atoms. The SMILES string of the molecule is O=P(O)(O)C1(P(=O)(O)O)CC=CCC1.O=P(O)(O)C1(P(=O)(O)O)CCCCCC1. The fraction of sp³-hybridized carbons (Fsp3) is 0.846. The van der Waals surface area contributed by atoms with Gasteiger partial charge in [-0.05, 0) is 32.1 Å². The Kier molecular flexibility index (Phi) is 8.92. The molecule has 0 aliphatic heterocycles. The van der Waals surface area contributed by atoms with Gasteiger partial charge in [-0.3, -0.25) is 18.3 Å². The maximum atomic E-state index is 11.3. The molecule has 172 valence electrons. The minimum absolute atomic E-state index is 0.0957. The molecule has 0 atom stereocenters. The molecule has 0 aromatic heterocycles. The van der Waals surface area contributed by atoms with E-state index in [4.69, 9.17) is 19.6 Å². The summed E-state index contributed by atoms with van der Waals surface area (Å²) in [5, 5.41) is 0. The molecule has 8 N–H and O–H groups in total. The van der Waals surface area contributed by atoms with E-state index < -0.39 is 40.2 Å². The lowest BCUT2D eigenvalue weighted by Crippen LogP contribution is -2.29. The van der Waals surface area contributed by atoms with Gasteiger partial charge in [-0.1, -0.05) is 37.8 Å². The van der Waals surface area contributed by atoms with Gasteiger partial charge >= 0.3 is 30.4 Å². The second-order valence-electron chi connectivity index (χ2n) is 7.27. The van der Waals surface area contributed by atoms with Crippen LogP contribution in [-0.4, -0.2) is 48.9 Å². The molecule has 0 spiro atoms. The molecule has 2 rings (SSSR count). The normalized spacial score (nSPS) is 22.9. The summed E-state index contributed by atoms with van der Waals surface area (Å²) >= 11 is 0. The molecule has 1 saturated carbocycles. The summed E-state index contributed by atoms with van der Waals surface area (Å²) in [6.07, 6.45) is 5.13. The summed E-state index contributed by atoms with van der Waals surface area (Å²) in [7, 11) is -19.2. The van der Waals surface area contributed by atoms with Crippen LogP contribution >= 0.6 is 30.4 Å². The van der Waals surface area contributed by atoms with Crippen LogP contribution in [0.5, 0.6) is 0 Å². The van der Waals surface area contributed by atoms with Gasteiger partial charge in [-0.15, -0.1) is 0 Å². The van der Waals surface area contributed by atoms with Gasteiger partial charge in [0.25, 0.3) is 0 Å². The molecule has 0 radical (unpaired) electrons. The largest absolute Gasteiger partial charge is 0.344 e. The predicted octanol–water partition coefficient (Wildman–Crippen LogP) is 2.17. The van der Waals surface area contributed by atoms with Gasteiger partial charge in [-0.2, -0.15) is 0 Å². The highest BCUT2D eigenvalue weighted by Crippen LogP contribution is 2.74. The fourth-order valence-electron chi connectivity index (χ4n) is 3.55. The van der Waals surface area contributed by atoms with Crippen LogP contribution in [0.25, 0.3) is 0 Å². The zero-order chi connectivity index (χ0) is 22.8. The molecule has 0 unspecified atom stereocenters. The van der Waals surface area contributed by atoms with Crippen molar-refractivity contribution in [2.45, 2.75) is 67.6 Å². The summed E-state index contributed by atoms with van der Waals surface area (Å²) in [6.45, 7) is 0. The van der Waals surface area contributed by atoms with Crippen LogP contribution in [0.4, 0.5) is 0 Å². The molecule has 12 nitrogen and oxygen atoms in total. The average molecular weight is 500 g/mol. The highest BCUT2D eigenvalue weighted by atomic mass is 31.2. The molecule has 29 heavy (non-hydrogen) atoms. The molecule has 2 aliphatic rings. The van der Waals surface area contributed by atoms with E-state index in [0.29, 0.717) is 12.8 Å². The lowest BCUT2D eigenvalue weighted by Gasteiger charge is -2.35. The van der Waals surface area contributed by atoms with E-state index in [-0.39, 0.29) is 32.1 Å². The Morgan fingerprint density at radius 2 is 0.897 bits per heavy atom. The van der Waals surface area contributed by atoms with Crippen molar-refractivity contribution in [2.24, 2.45) is 0 Å². The van der Waals surface area contributed by atoms with E-state index in [1.165, 1.54) is 6.08 Å². The first-order valence-corrected chi connectivity index (χ1v) is 15.2. The van der Waals surface area contributed by atoms with Crippen molar-refractivity contribution in [1.82, 2.24) is 0 Å². The van der Waals surface area contributed by atoms with Crippen LogP contribution in [0.15, 0.2) is 12.2 Å². The van der Waals surface area contributed by atoms with Crippen molar-refractivity contribution in [1.29, 1.82) is 0 Å². The van der Waals surface area contributed by atoms with E-state index in [1.807, 2.05) is 0 Å². The topological polar surface area (TPSA) is 230 Å². The summed E-state index contributed by atoms with van der Waals surface area (Å²) in [5.74, 6) is 0. The summed E-state index contributed by atoms with van der Waals surface area (Å²) in [5.41, 5.74) is 0. The van der Waals surface area contributed by atoms with E-state index in [1.54, 1.807) is 6.08 Å². The van der Waals surface area contributed by atoms with Crippen LogP contribution in [0.1, 0.15) is 57.8 Å². The Bertz CT molecular complexity index is 730. The lowest BCUT2D eigenvalue weighted by atomic mass is 10.1. The first kappa shape index (κ1) is 27.4. The molecule has 0 aromatic rings. The third kappa shape index (κ3) is 5.98. The van der Waals surface area contributed by atoms with Gasteiger partial charge in [0.2, 0.25) is 0 Å². The standard InChI is InChI=1S/C7H16O6P2.C6H12O6P2/c8-14(9,10)7(15(11,12)13)5-3-1-2-4-6-7;7-13(8,9)6(14(10,11)12)4-2-1-3-5-6/h1-6H2,(H2,8,9,10)(H2,11,12,13);1-2H,3-5H2,(H2,7,8,9)(H2,10,11,12). The minimum atomic E-state index is -4.81. The number of rotatable bonds is 4. The zero-order valence-corrected chi connectivity index (χ0v) is 19.1. The maximum absolute atomic E-state index is 11.3. The van der Waals surface area contributed by atoms with Crippen molar-refractivity contribution >= 4 is 30.4 Å². The van der Waals surface area contributed by atoms with Gasteiger partial charge in [0, 0.05) is 0 Å². The predicted molar refractivity (Wildman–Crippen MR) is 104 cm³/mol. The molecule has 0 aromatic carbocycles. The van der Waals surface area contributed by atoms with E-state index >= 15 is 0 Å². The number of allylic oxidation sites excluding steroid dienone is 2. The Hall–Kier alpha value is 0.340. The summed E-state index contributed by atoms with van der Waals surface area (Å²) in [4.78, 5) is 68.4. The van der Waals surface area contributed by atoms with Crippen molar-refractivity contribution in [2.75, 3.05) is 0 Å². The molecule has 1 fully saturated rings. The molecule has 16 heteroatoms. The van der Waals surface area contributed by atoms with E-state index in [9.17, 15) is 37.8 Å². The Labute approximate surface area is 168 Å². The van der Waals surface area contributed by atoms with Crippen molar-refractivity contribution in [3.8, 4) is 0 Å². The molecule has 0 amide bonds. The number of hydrogen-bond acceptors (Lipinski definition) is 4. The van der Waals surface area contributed by atoms with E-state index in [2.05, 4.69) is 0 Å². The van der Waals surface area contributed by atoms with Gasteiger partial charge in [-0.25, -0.2) is 0 Å². The number of hydrogen-bond donors (Lipinski definition) is 8. The van der Waals surface area contributed by atoms with Crippen LogP contribution < -0.4 is 0 Å². The van der Waals surface area contributed by atoms with Gasteiger partial charge in [0.1, 0.15) is 0 Å². The third-order valence-corrected chi connectivity index (χ3v) is 14.6. The lowest BCUT2D eigenvalue weighted by molar-refractivity contribution is 0.294. The minimum Gasteiger partial charge on any atom is -0.324 e. The van der Waals surface area contributed by atoms with Gasteiger partial charge in [0.15, 0.2) is 9.79 Å². The zero-order valence-electron chi connectivity index (χ0n) is 15.5. The molecule has 0 heterocycles. The quantitative estimate of drug-likeness (QED) is 0.158. The van der Waals surface area contributed by atoms with Crippen LogP contribution in [0.3, 0.4) is 0 Å². The second kappa shape index (κ2) is 9.45. The van der Waals surface area contributed by atoms with Gasteiger partial charge < -0.3 is 39.1 Å². The monoisotopic (exact) mass is 500 g/mol. The van der Waals surface area contributed by atoms with Crippen molar-refractivity contribution in [3.05, 3.63) is 12.2 Å².